The fourth-order valence-corrected chi connectivity index (χ4v) is 3.66. The first-order valence-corrected chi connectivity index (χ1v) is 7.61. The first-order chi connectivity index (χ1) is 8.94. The molecule has 19 heavy (non-hydrogen) atoms. The summed E-state index contributed by atoms with van der Waals surface area (Å²) in [5, 5.41) is 6.11. The van der Waals surface area contributed by atoms with Crippen LogP contribution in [0, 0.1) is 5.41 Å². The molecule has 1 saturated heterocycles. The molecule has 1 fully saturated rings. The molecule has 1 aromatic carbocycles. The maximum absolute atomic E-state index is 10.7. The molecule has 0 spiro atoms. The number of nitrogens with two attached hydrogens (primary N) is 1. The molecule has 0 radical (unpaired) electrons. The SMILES string of the molecule is CC1(C)CSCC(Nc2ccc(NC(N)=O)cc2)C1. The van der Waals surface area contributed by atoms with Crippen LogP contribution in [0.15, 0.2) is 24.3 Å². The van der Waals surface area contributed by atoms with Gasteiger partial charge in [0.2, 0.25) is 0 Å². The standard InChI is InChI=1S/C14H21N3OS/c1-14(2)7-12(8-19-9-14)16-10-3-5-11(6-4-10)17-13(15)18/h3-6,12,16H,7-9H2,1-2H3,(H3,15,17,18). The predicted molar refractivity (Wildman–Crippen MR) is 82.8 cm³/mol. The molecule has 104 valence electrons. The number of amides is 2. The maximum Gasteiger partial charge on any atom is 0.316 e. The zero-order chi connectivity index (χ0) is 13.9. The zero-order valence-corrected chi connectivity index (χ0v) is 12.2. The van der Waals surface area contributed by atoms with Crippen LogP contribution in [0.25, 0.3) is 0 Å². The smallest absolute Gasteiger partial charge is 0.316 e. The highest BCUT2D eigenvalue weighted by Crippen LogP contribution is 2.34. The van der Waals surface area contributed by atoms with Crippen molar-refractivity contribution < 1.29 is 4.79 Å². The molecular formula is C14H21N3OS. The second kappa shape index (κ2) is 5.74. The average molecular weight is 279 g/mol. The van der Waals surface area contributed by atoms with Crippen molar-refractivity contribution in [2.45, 2.75) is 26.3 Å². The summed E-state index contributed by atoms with van der Waals surface area (Å²) in [6.07, 6.45) is 1.18. The van der Waals surface area contributed by atoms with E-state index in [2.05, 4.69) is 24.5 Å². The summed E-state index contributed by atoms with van der Waals surface area (Å²) in [4.78, 5) is 10.7. The molecule has 0 aliphatic carbocycles. The van der Waals surface area contributed by atoms with Crippen molar-refractivity contribution in [3.8, 4) is 0 Å². The van der Waals surface area contributed by atoms with Crippen molar-refractivity contribution in [3.63, 3.8) is 0 Å². The van der Waals surface area contributed by atoms with E-state index in [0.717, 1.165) is 17.1 Å². The number of carbonyl (C=O) groups excluding carboxylic acids is 1. The van der Waals surface area contributed by atoms with Crippen LogP contribution in [0.4, 0.5) is 16.2 Å². The molecule has 1 aliphatic heterocycles. The Morgan fingerprint density at radius 3 is 2.53 bits per heavy atom. The van der Waals surface area contributed by atoms with Crippen LogP contribution in [-0.4, -0.2) is 23.6 Å². The van der Waals surface area contributed by atoms with Gasteiger partial charge in [-0.15, -0.1) is 0 Å². The first kappa shape index (κ1) is 14.1. The Balaban J connectivity index is 1.94. The zero-order valence-electron chi connectivity index (χ0n) is 11.4. The van der Waals surface area contributed by atoms with Crippen molar-refractivity contribution in [3.05, 3.63) is 24.3 Å². The summed E-state index contributed by atoms with van der Waals surface area (Å²) >= 11 is 2.00. The van der Waals surface area contributed by atoms with Gasteiger partial charge in [0.25, 0.3) is 0 Å². The van der Waals surface area contributed by atoms with Crippen LogP contribution >= 0.6 is 11.8 Å². The summed E-state index contributed by atoms with van der Waals surface area (Å²) in [6.45, 7) is 4.63. The quantitative estimate of drug-likeness (QED) is 0.796. The molecule has 0 aromatic heterocycles. The normalized spacial score (nSPS) is 21.7. The lowest BCUT2D eigenvalue weighted by molar-refractivity contribution is 0.259. The first-order valence-electron chi connectivity index (χ1n) is 6.45. The van der Waals surface area contributed by atoms with Gasteiger partial charge in [0.1, 0.15) is 0 Å². The second-order valence-corrected chi connectivity index (χ2v) is 6.82. The van der Waals surface area contributed by atoms with Gasteiger partial charge in [-0.1, -0.05) is 13.8 Å². The highest BCUT2D eigenvalue weighted by atomic mass is 32.2. The molecule has 1 atom stereocenters. The molecule has 2 amide bonds. The molecule has 5 heteroatoms. The molecule has 1 aromatic rings. The Hall–Kier alpha value is -1.36. The molecule has 0 saturated carbocycles. The van der Waals surface area contributed by atoms with Crippen molar-refractivity contribution >= 4 is 29.2 Å². The molecule has 1 unspecified atom stereocenters. The lowest BCUT2D eigenvalue weighted by Gasteiger charge is -2.35. The second-order valence-electron chi connectivity index (χ2n) is 5.79. The van der Waals surface area contributed by atoms with Crippen molar-refractivity contribution in [2.75, 3.05) is 22.1 Å². The van der Waals surface area contributed by atoms with E-state index in [1.54, 1.807) is 0 Å². The molecule has 2 rings (SSSR count). The molecule has 1 heterocycles. The lowest BCUT2D eigenvalue weighted by atomic mass is 9.88. The summed E-state index contributed by atoms with van der Waals surface area (Å²) in [7, 11) is 0. The number of hydrogen-bond acceptors (Lipinski definition) is 3. The van der Waals surface area contributed by atoms with Crippen LogP contribution in [-0.2, 0) is 0 Å². The van der Waals surface area contributed by atoms with Gasteiger partial charge in [-0.25, -0.2) is 4.79 Å². The van der Waals surface area contributed by atoms with E-state index in [9.17, 15) is 4.79 Å². The van der Waals surface area contributed by atoms with Crippen LogP contribution in [0.3, 0.4) is 0 Å². The van der Waals surface area contributed by atoms with E-state index in [4.69, 9.17) is 5.73 Å². The van der Waals surface area contributed by atoms with Crippen LogP contribution in [0.1, 0.15) is 20.3 Å². The summed E-state index contributed by atoms with van der Waals surface area (Å²) in [5.74, 6) is 2.37. The minimum Gasteiger partial charge on any atom is -0.381 e. The Kier molecular flexibility index (Phi) is 4.24. The number of thioether (sulfide) groups is 1. The molecule has 1 aliphatic rings. The Labute approximate surface area is 118 Å². The maximum atomic E-state index is 10.7. The minimum absolute atomic E-state index is 0.397. The van der Waals surface area contributed by atoms with E-state index >= 15 is 0 Å². The third kappa shape index (κ3) is 4.35. The number of carbonyl (C=O) groups is 1. The van der Waals surface area contributed by atoms with E-state index in [-0.39, 0.29) is 0 Å². The summed E-state index contributed by atoms with van der Waals surface area (Å²) < 4.78 is 0. The number of benzene rings is 1. The monoisotopic (exact) mass is 279 g/mol. The highest BCUT2D eigenvalue weighted by molar-refractivity contribution is 7.99. The minimum atomic E-state index is -0.536. The predicted octanol–water partition coefficient (Wildman–Crippen LogP) is 3.12. The van der Waals surface area contributed by atoms with Gasteiger partial charge in [0.15, 0.2) is 0 Å². The van der Waals surface area contributed by atoms with Gasteiger partial charge in [-0.2, -0.15) is 11.8 Å². The highest BCUT2D eigenvalue weighted by Gasteiger charge is 2.28. The van der Waals surface area contributed by atoms with Crippen LogP contribution < -0.4 is 16.4 Å². The Morgan fingerprint density at radius 2 is 1.95 bits per heavy atom. The van der Waals surface area contributed by atoms with Crippen LogP contribution in [0.5, 0.6) is 0 Å². The van der Waals surface area contributed by atoms with Gasteiger partial charge < -0.3 is 16.4 Å². The van der Waals surface area contributed by atoms with Gasteiger partial charge in [-0.05, 0) is 41.9 Å². The van der Waals surface area contributed by atoms with Crippen molar-refractivity contribution in [2.24, 2.45) is 11.1 Å². The Bertz CT molecular complexity index is 445. The molecule has 0 bridgehead atoms. The molecule has 4 nitrogen and oxygen atoms in total. The average Bonchev–Trinajstić information content (AvgIpc) is 2.30. The third-order valence-corrected chi connectivity index (χ3v) is 4.76. The number of nitrogens with one attached hydrogen (secondary N) is 2. The van der Waals surface area contributed by atoms with Gasteiger partial charge in [-0.3, -0.25) is 0 Å². The number of primary amides is 1. The number of urea groups is 1. The lowest BCUT2D eigenvalue weighted by Crippen LogP contribution is -2.35. The number of anilines is 2. The fraction of sp³-hybridized carbons (Fsp3) is 0.500. The van der Waals surface area contributed by atoms with E-state index in [1.807, 2.05) is 36.0 Å². The number of hydrogen-bond donors (Lipinski definition) is 3. The van der Waals surface area contributed by atoms with Crippen LogP contribution in [0.2, 0.25) is 0 Å². The largest absolute Gasteiger partial charge is 0.381 e. The van der Waals surface area contributed by atoms with E-state index < -0.39 is 6.03 Å². The third-order valence-electron chi connectivity index (χ3n) is 3.13. The number of rotatable bonds is 3. The van der Waals surface area contributed by atoms with Crippen molar-refractivity contribution in [1.82, 2.24) is 0 Å². The topological polar surface area (TPSA) is 67.2 Å². The molecule has 4 N–H and O–H groups in total. The van der Waals surface area contributed by atoms with Gasteiger partial charge in [0.05, 0.1) is 0 Å². The van der Waals surface area contributed by atoms with Crippen molar-refractivity contribution in [1.29, 1.82) is 0 Å². The summed E-state index contributed by atoms with van der Waals surface area (Å²) in [6, 6.07) is 7.62. The Morgan fingerprint density at radius 1 is 1.32 bits per heavy atom. The van der Waals surface area contributed by atoms with Gasteiger partial charge >= 0.3 is 6.03 Å². The molecular weight excluding hydrogens is 258 g/mol. The fourth-order valence-electron chi connectivity index (χ4n) is 2.38. The van der Waals surface area contributed by atoms with E-state index in [0.29, 0.717) is 11.5 Å². The van der Waals surface area contributed by atoms with E-state index in [1.165, 1.54) is 12.2 Å². The summed E-state index contributed by atoms with van der Waals surface area (Å²) in [5.41, 5.74) is 7.27. The van der Waals surface area contributed by atoms with Gasteiger partial charge in [0, 0.05) is 23.2 Å².